The van der Waals surface area contributed by atoms with Gasteiger partial charge in [-0.2, -0.15) is 5.10 Å². The Morgan fingerprint density at radius 3 is 2.14 bits per heavy atom. The molecule has 1 aliphatic heterocycles. The zero-order valence-electron chi connectivity index (χ0n) is 25.5. The van der Waals surface area contributed by atoms with Gasteiger partial charge in [-0.25, -0.2) is 13.9 Å². The van der Waals surface area contributed by atoms with Gasteiger partial charge in [-0.3, -0.25) is 9.78 Å². The SMILES string of the molecule is CC(C)(C)OC(=O)N1CCN(C(=O)Cc2nn(COCC[Si](C)(C)C)c(-c3ccc(F)cc3)c2-c2ccncc2)CC1. The first-order valence-electron chi connectivity index (χ1n) is 14.4. The van der Waals surface area contributed by atoms with Crippen LogP contribution in [-0.4, -0.2) is 83.0 Å². The van der Waals surface area contributed by atoms with Gasteiger partial charge in [0.15, 0.2) is 0 Å². The number of piperazine rings is 1. The summed E-state index contributed by atoms with van der Waals surface area (Å²) >= 11 is 0. The van der Waals surface area contributed by atoms with Crippen LogP contribution in [0.5, 0.6) is 0 Å². The number of pyridine rings is 1. The fourth-order valence-corrected chi connectivity index (χ4v) is 5.46. The van der Waals surface area contributed by atoms with Crippen molar-refractivity contribution in [2.75, 3.05) is 32.8 Å². The number of carbonyl (C=O) groups is 2. The number of nitrogens with zero attached hydrogens (tertiary/aromatic N) is 5. The summed E-state index contributed by atoms with van der Waals surface area (Å²) in [6.07, 6.45) is 3.10. The van der Waals surface area contributed by atoms with Gasteiger partial charge >= 0.3 is 6.09 Å². The number of amides is 2. The topological polar surface area (TPSA) is 89.8 Å². The summed E-state index contributed by atoms with van der Waals surface area (Å²) in [5, 5.41) is 4.89. The standard InChI is InChI=1S/C31H42FN5O4Si/c1-31(2,3)41-30(39)36-17-15-35(16-18-36)27(38)21-26-28(23-11-13-33-14-12-23)29(24-7-9-25(32)10-8-24)37(34-26)22-40-19-20-42(4,5)6/h7-14H,15-22H2,1-6H3. The molecule has 42 heavy (non-hydrogen) atoms. The molecule has 3 heterocycles. The maximum atomic E-state index is 13.9. The third-order valence-corrected chi connectivity index (χ3v) is 8.63. The number of carbonyl (C=O) groups excluding carboxylic acids is 2. The molecular weight excluding hydrogens is 553 g/mol. The van der Waals surface area contributed by atoms with Gasteiger partial charge in [0.25, 0.3) is 0 Å². The quantitative estimate of drug-likeness (QED) is 0.233. The Kier molecular flexibility index (Phi) is 9.83. The minimum Gasteiger partial charge on any atom is -0.444 e. The smallest absolute Gasteiger partial charge is 0.410 e. The van der Waals surface area contributed by atoms with E-state index in [4.69, 9.17) is 14.6 Å². The summed E-state index contributed by atoms with van der Waals surface area (Å²) in [4.78, 5) is 33.6. The van der Waals surface area contributed by atoms with E-state index in [-0.39, 0.29) is 31.0 Å². The fourth-order valence-electron chi connectivity index (χ4n) is 4.70. The highest BCUT2D eigenvalue weighted by atomic mass is 28.3. The summed E-state index contributed by atoms with van der Waals surface area (Å²) in [5.74, 6) is -0.410. The molecule has 0 atom stereocenters. The van der Waals surface area contributed by atoms with Crippen LogP contribution in [0.1, 0.15) is 26.5 Å². The van der Waals surface area contributed by atoms with Crippen LogP contribution in [-0.2, 0) is 27.4 Å². The number of hydrogen-bond acceptors (Lipinski definition) is 6. The molecule has 0 N–H and O–H groups in total. The predicted molar refractivity (Wildman–Crippen MR) is 163 cm³/mol. The lowest BCUT2D eigenvalue weighted by molar-refractivity contribution is -0.132. The van der Waals surface area contributed by atoms with E-state index in [1.54, 1.807) is 39.0 Å². The first-order chi connectivity index (χ1) is 19.8. The average Bonchev–Trinajstić information content (AvgIpc) is 3.28. The lowest BCUT2D eigenvalue weighted by Gasteiger charge is -2.35. The van der Waals surface area contributed by atoms with Crippen molar-refractivity contribution in [1.29, 1.82) is 0 Å². The molecule has 11 heteroatoms. The van der Waals surface area contributed by atoms with Crippen LogP contribution >= 0.6 is 0 Å². The Morgan fingerprint density at radius 2 is 1.55 bits per heavy atom. The van der Waals surface area contributed by atoms with Gasteiger partial charge in [0, 0.05) is 64.4 Å². The summed E-state index contributed by atoms with van der Waals surface area (Å²) < 4.78 is 27.2. The number of halogens is 1. The van der Waals surface area contributed by atoms with E-state index < -0.39 is 13.7 Å². The molecule has 0 unspecified atom stereocenters. The molecule has 1 fully saturated rings. The van der Waals surface area contributed by atoms with Crippen molar-refractivity contribution in [3.05, 3.63) is 60.3 Å². The molecule has 1 saturated heterocycles. The summed E-state index contributed by atoms with van der Waals surface area (Å²) in [5.41, 5.74) is 3.20. The van der Waals surface area contributed by atoms with E-state index in [2.05, 4.69) is 24.6 Å². The Balaban J connectivity index is 1.61. The summed E-state index contributed by atoms with van der Waals surface area (Å²) in [6, 6.07) is 11.1. The molecule has 2 aromatic heterocycles. The van der Waals surface area contributed by atoms with Gasteiger partial charge in [-0.05, 0) is 68.8 Å². The van der Waals surface area contributed by atoms with E-state index in [9.17, 15) is 14.0 Å². The summed E-state index contributed by atoms with van der Waals surface area (Å²) in [6.45, 7) is 14.8. The van der Waals surface area contributed by atoms with E-state index in [1.165, 1.54) is 12.1 Å². The lowest BCUT2D eigenvalue weighted by atomic mass is 9.98. The normalized spacial score (nSPS) is 14.3. The second kappa shape index (κ2) is 13.2. The van der Waals surface area contributed by atoms with Crippen molar-refractivity contribution in [1.82, 2.24) is 24.6 Å². The molecule has 1 aliphatic rings. The molecular formula is C31H42FN5O4Si. The van der Waals surface area contributed by atoms with Crippen LogP contribution in [0.15, 0.2) is 48.8 Å². The lowest BCUT2D eigenvalue weighted by Crippen LogP contribution is -2.52. The zero-order chi connectivity index (χ0) is 30.5. The Morgan fingerprint density at radius 1 is 0.929 bits per heavy atom. The van der Waals surface area contributed by atoms with Gasteiger partial charge in [0.05, 0.1) is 17.8 Å². The fraction of sp³-hybridized carbons (Fsp3) is 0.484. The van der Waals surface area contributed by atoms with Crippen LogP contribution in [0.25, 0.3) is 22.4 Å². The van der Waals surface area contributed by atoms with Gasteiger partial charge in [0.2, 0.25) is 5.91 Å². The molecule has 3 aromatic rings. The highest BCUT2D eigenvalue weighted by molar-refractivity contribution is 6.76. The second-order valence-electron chi connectivity index (χ2n) is 12.8. The largest absolute Gasteiger partial charge is 0.444 e. The number of hydrogen-bond donors (Lipinski definition) is 0. The molecule has 0 bridgehead atoms. The van der Waals surface area contributed by atoms with Crippen molar-refractivity contribution in [2.24, 2.45) is 0 Å². The Labute approximate surface area is 248 Å². The number of benzene rings is 1. The second-order valence-corrected chi connectivity index (χ2v) is 18.4. The van der Waals surface area contributed by atoms with Crippen molar-refractivity contribution in [3.8, 4) is 22.4 Å². The maximum Gasteiger partial charge on any atom is 0.410 e. The minimum atomic E-state index is -1.29. The van der Waals surface area contributed by atoms with Crippen molar-refractivity contribution < 1.29 is 23.5 Å². The van der Waals surface area contributed by atoms with Crippen LogP contribution in [0, 0.1) is 5.82 Å². The van der Waals surface area contributed by atoms with E-state index in [0.717, 1.165) is 28.4 Å². The number of ether oxygens (including phenoxy) is 2. The van der Waals surface area contributed by atoms with E-state index in [0.29, 0.717) is 38.5 Å². The molecule has 0 radical (unpaired) electrons. The Bertz CT molecular complexity index is 1360. The monoisotopic (exact) mass is 595 g/mol. The third kappa shape index (κ3) is 8.48. The molecule has 0 aliphatic carbocycles. The number of rotatable bonds is 9. The minimum absolute atomic E-state index is 0.0696. The highest BCUT2D eigenvalue weighted by Crippen LogP contribution is 2.36. The first kappa shape index (κ1) is 31.4. The van der Waals surface area contributed by atoms with Gasteiger partial charge in [-0.15, -0.1) is 0 Å². The molecule has 2 amide bonds. The summed E-state index contributed by atoms with van der Waals surface area (Å²) in [7, 11) is -1.29. The van der Waals surface area contributed by atoms with Crippen LogP contribution in [0.3, 0.4) is 0 Å². The van der Waals surface area contributed by atoms with Crippen LogP contribution in [0.4, 0.5) is 9.18 Å². The van der Waals surface area contributed by atoms with Crippen molar-refractivity contribution >= 4 is 20.1 Å². The van der Waals surface area contributed by atoms with Crippen molar-refractivity contribution in [3.63, 3.8) is 0 Å². The van der Waals surface area contributed by atoms with E-state index in [1.807, 2.05) is 32.9 Å². The van der Waals surface area contributed by atoms with Crippen LogP contribution in [0.2, 0.25) is 25.7 Å². The van der Waals surface area contributed by atoms with Crippen molar-refractivity contribution in [2.45, 2.75) is 65.2 Å². The zero-order valence-corrected chi connectivity index (χ0v) is 26.5. The van der Waals surface area contributed by atoms with Gasteiger partial charge in [-0.1, -0.05) is 19.6 Å². The van der Waals surface area contributed by atoms with Gasteiger partial charge < -0.3 is 19.3 Å². The molecule has 1 aromatic carbocycles. The highest BCUT2D eigenvalue weighted by Gasteiger charge is 2.30. The van der Waals surface area contributed by atoms with Gasteiger partial charge in [0.1, 0.15) is 18.1 Å². The third-order valence-electron chi connectivity index (χ3n) is 6.92. The predicted octanol–water partition coefficient (Wildman–Crippen LogP) is 5.69. The van der Waals surface area contributed by atoms with E-state index >= 15 is 0 Å². The number of aromatic nitrogens is 3. The molecule has 4 rings (SSSR count). The first-order valence-corrected chi connectivity index (χ1v) is 18.1. The molecule has 9 nitrogen and oxygen atoms in total. The molecule has 0 saturated carbocycles. The van der Waals surface area contributed by atoms with Crippen LogP contribution < -0.4 is 0 Å². The molecule has 0 spiro atoms. The maximum absolute atomic E-state index is 13.9. The Hall–Kier alpha value is -3.57. The molecule has 226 valence electrons. The average molecular weight is 596 g/mol.